The summed E-state index contributed by atoms with van der Waals surface area (Å²) >= 11 is 0. The van der Waals surface area contributed by atoms with Crippen LogP contribution in [0.4, 0.5) is 0 Å². The van der Waals surface area contributed by atoms with E-state index in [9.17, 15) is 4.79 Å². The maximum absolute atomic E-state index is 11.9. The molecule has 1 aromatic rings. The molecule has 0 fully saturated rings. The third-order valence-electron chi connectivity index (χ3n) is 3.09. The van der Waals surface area contributed by atoms with Crippen molar-refractivity contribution in [3.63, 3.8) is 0 Å². The first-order chi connectivity index (χ1) is 9.04. The zero-order valence-corrected chi connectivity index (χ0v) is 12.5. The Labute approximate surface area is 117 Å². The van der Waals surface area contributed by atoms with Crippen LogP contribution in [0.3, 0.4) is 0 Å². The van der Waals surface area contributed by atoms with Crippen LogP contribution in [-0.2, 0) is 4.79 Å². The monoisotopic (exact) mass is 259 g/mol. The highest BCUT2D eigenvalue weighted by molar-refractivity contribution is 5.76. The number of nitrogens with zero attached hydrogens (tertiary/aromatic N) is 1. The van der Waals surface area contributed by atoms with E-state index >= 15 is 0 Å². The lowest BCUT2D eigenvalue weighted by Gasteiger charge is -2.23. The first-order valence-electron chi connectivity index (χ1n) is 7.04. The molecule has 1 amide bonds. The molecule has 0 unspecified atom stereocenters. The standard InChI is InChI=1S/C17H25NO/c1-5-17(19)18(13-14(2)3)12-11-15(4)16-9-7-6-8-10-16/h6-11,14H,5,12-13H2,1-4H3. The zero-order chi connectivity index (χ0) is 14.3. The molecule has 2 nitrogen and oxygen atoms in total. The minimum atomic E-state index is 0.228. The van der Waals surface area contributed by atoms with Gasteiger partial charge in [0.1, 0.15) is 0 Å². The number of carbonyl (C=O) groups is 1. The van der Waals surface area contributed by atoms with E-state index in [1.54, 1.807) is 0 Å². The van der Waals surface area contributed by atoms with Crippen LogP contribution in [0.2, 0.25) is 0 Å². The van der Waals surface area contributed by atoms with E-state index in [1.165, 1.54) is 11.1 Å². The Kier molecular flexibility index (Phi) is 6.34. The van der Waals surface area contributed by atoms with E-state index in [2.05, 4.69) is 39.0 Å². The second-order valence-corrected chi connectivity index (χ2v) is 5.30. The van der Waals surface area contributed by atoms with Gasteiger partial charge in [0.2, 0.25) is 5.91 Å². The van der Waals surface area contributed by atoms with Crippen molar-refractivity contribution in [1.29, 1.82) is 0 Å². The Bertz CT molecular complexity index is 420. The molecular weight excluding hydrogens is 234 g/mol. The van der Waals surface area contributed by atoms with Crippen molar-refractivity contribution in [3.8, 4) is 0 Å². The van der Waals surface area contributed by atoms with Gasteiger partial charge < -0.3 is 4.90 Å². The largest absolute Gasteiger partial charge is 0.339 e. The molecule has 0 atom stereocenters. The van der Waals surface area contributed by atoms with Crippen LogP contribution in [0.5, 0.6) is 0 Å². The molecule has 0 heterocycles. The fraction of sp³-hybridized carbons (Fsp3) is 0.471. The molecule has 0 saturated carbocycles. The van der Waals surface area contributed by atoms with Crippen molar-refractivity contribution < 1.29 is 4.79 Å². The lowest BCUT2D eigenvalue weighted by molar-refractivity contribution is -0.130. The molecular formula is C17H25NO. The van der Waals surface area contributed by atoms with Crippen LogP contribution in [0.25, 0.3) is 5.57 Å². The summed E-state index contributed by atoms with van der Waals surface area (Å²) in [6.45, 7) is 9.83. The second-order valence-electron chi connectivity index (χ2n) is 5.30. The van der Waals surface area contributed by atoms with Gasteiger partial charge >= 0.3 is 0 Å². The zero-order valence-electron chi connectivity index (χ0n) is 12.5. The van der Waals surface area contributed by atoms with Crippen molar-refractivity contribution in [1.82, 2.24) is 4.90 Å². The highest BCUT2D eigenvalue weighted by atomic mass is 16.2. The van der Waals surface area contributed by atoms with E-state index in [4.69, 9.17) is 0 Å². The summed E-state index contributed by atoms with van der Waals surface area (Å²) in [5.41, 5.74) is 2.44. The predicted molar refractivity (Wildman–Crippen MR) is 81.8 cm³/mol. The predicted octanol–water partition coefficient (Wildman–Crippen LogP) is 3.98. The van der Waals surface area contributed by atoms with Gasteiger partial charge in [0.05, 0.1) is 0 Å². The summed E-state index contributed by atoms with van der Waals surface area (Å²) in [5.74, 6) is 0.728. The van der Waals surface area contributed by atoms with Gasteiger partial charge in [-0.05, 0) is 24.0 Å². The average molecular weight is 259 g/mol. The van der Waals surface area contributed by atoms with Crippen LogP contribution in [0.15, 0.2) is 36.4 Å². The van der Waals surface area contributed by atoms with Gasteiger partial charge in [-0.3, -0.25) is 4.79 Å². The molecule has 1 aromatic carbocycles. The van der Waals surface area contributed by atoms with Gasteiger partial charge in [-0.1, -0.05) is 57.2 Å². The summed E-state index contributed by atoms with van der Waals surface area (Å²) in [4.78, 5) is 13.8. The van der Waals surface area contributed by atoms with E-state index in [0.29, 0.717) is 18.9 Å². The maximum Gasteiger partial charge on any atom is 0.222 e. The lowest BCUT2D eigenvalue weighted by Crippen LogP contribution is -2.33. The summed E-state index contributed by atoms with van der Waals surface area (Å²) < 4.78 is 0. The smallest absolute Gasteiger partial charge is 0.222 e. The van der Waals surface area contributed by atoms with Gasteiger partial charge in [0.15, 0.2) is 0 Å². The number of benzene rings is 1. The fourth-order valence-electron chi connectivity index (χ4n) is 2.01. The Hall–Kier alpha value is -1.57. The van der Waals surface area contributed by atoms with E-state index in [0.717, 1.165) is 6.54 Å². The van der Waals surface area contributed by atoms with E-state index in [1.807, 2.05) is 30.0 Å². The topological polar surface area (TPSA) is 20.3 Å². The number of hydrogen-bond donors (Lipinski definition) is 0. The first-order valence-corrected chi connectivity index (χ1v) is 7.04. The molecule has 0 aromatic heterocycles. The van der Waals surface area contributed by atoms with Crippen molar-refractivity contribution in [2.75, 3.05) is 13.1 Å². The Balaban J connectivity index is 2.72. The SMILES string of the molecule is CCC(=O)N(CC=C(C)c1ccccc1)CC(C)C. The lowest BCUT2D eigenvalue weighted by atomic mass is 10.1. The molecule has 2 heteroatoms. The van der Waals surface area contributed by atoms with Gasteiger partial charge in [0, 0.05) is 19.5 Å². The molecule has 1 rings (SSSR count). The fourth-order valence-corrected chi connectivity index (χ4v) is 2.01. The summed E-state index contributed by atoms with van der Waals surface area (Å²) in [6, 6.07) is 10.3. The van der Waals surface area contributed by atoms with Crippen LogP contribution in [0.1, 0.15) is 39.7 Å². The average Bonchev–Trinajstić information content (AvgIpc) is 2.42. The molecule has 0 bridgehead atoms. The van der Waals surface area contributed by atoms with Crippen LogP contribution < -0.4 is 0 Å². The molecule has 104 valence electrons. The van der Waals surface area contributed by atoms with Gasteiger partial charge in [0.25, 0.3) is 0 Å². The van der Waals surface area contributed by atoms with E-state index in [-0.39, 0.29) is 5.91 Å². The summed E-state index contributed by atoms with van der Waals surface area (Å²) in [6.07, 6.45) is 2.72. The highest BCUT2D eigenvalue weighted by Gasteiger charge is 2.11. The number of allylic oxidation sites excluding steroid dienone is 1. The molecule has 0 radical (unpaired) electrons. The molecule has 0 spiro atoms. The normalized spacial score (nSPS) is 11.7. The minimum absolute atomic E-state index is 0.228. The Morgan fingerprint density at radius 1 is 1.26 bits per heavy atom. The quantitative estimate of drug-likeness (QED) is 0.756. The third kappa shape index (κ3) is 5.29. The van der Waals surface area contributed by atoms with Gasteiger partial charge in [-0.15, -0.1) is 0 Å². The molecule has 0 aliphatic rings. The molecule has 0 saturated heterocycles. The number of hydrogen-bond acceptors (Lipinski definition) is 1. The van der Waals surface area contributed by atoms with Gasteiger partial charge in [-0.25, -0.2) is 0 Å². The van der Waals surface area contributed by atoms with Crippen molar-refractivity contribution >= 4 is 11.5 Å². The molecule has 0 aliphatic heterocycles. The van der Waals surface area contributed by atoms with E-state index < -0.39 is 0 Å². The highest BCUT2D eigenvalue weighted by Crippen LogP contribution is 2.13. The van der Waals surface area contributed by atoms with Crippen molar-refractivity contribution in [3.05, 3.63) is 42.0 Å². The number of amides is 1. The van der Waals surface area contributed by atoms with Crippen LogP contribution in [0, 0.1) is 5.92 Å². The third-order valence-corrected chi connectivity index (χ3v) is 3.09. The van der Waals surface area contributed by atoms with Crippen LogP contribution >= 0.6 is 0 Å². The molecule has 0 aliphatic carbocycles. The summed E-state index contributed by atoms with van der Waals surface area (Å²) in [7, 11) is 0. The van der Waals surface area contributed by atoms with Crippen LogP contribution in [-0.4, -0.2) is 23.9 Å². The summed E-state index contributed by atoms with van der Waals surface area (Å²) in [5, 5.41) is 0. The Morgan fingerprint density at radius 2 is 1.89 bits per heavy atom. The number of carbonyl (C=O) groups excluding carboxylic acids is 1. The minimum Gasteiger partial charge on any atom is -0.339 e. The van der Waals surface area contributed by atoms with Gasteiger partial charge in [-0.2, -0.15) is 0 Å². The maximum atomic E-state index is 11.9. The van der Waals surface area contributed by atoms with Crippen molar-refractivity contribution in [2.45, 2.75) is 34.1 Å². The second kappa shape index (κ2) is 7.78. The van der Waals surface area contributed by atoms with Crippen molar-refractivity contribution in [2.24, 2.45) is 5.92 Å². The molecule has 19 heavy (non-hydrogen) atoms. The molecule has 0 N–H and O–H groups in total. The Morgan fingerprint density at radius 3 is 2.42 bits per heavy atom. The first kappa shape index (κ1) is 15.5. The number of rotatable bonds is 6.